The number of halogens is 7. The second kappa shape index (κ2) is 6.14. The minimum atomic E-state index is -4.85. The number of benzene rings is 1. The predicted molar refractivity (Wildman–Crippen MR) is 81.9 cm³/mol. The third-order valence-corrected chi connectivity index (χ3v) is 4.66. The van der Waals surface area contributed by atoms with Crippen LogP contribution in [0.2, 0.25) is 0 Å². The smallest absolute Gasteiger partial charge is 0.417 e. The number of hydrogen-bond donors (Lipinski definition) is 0. The van der Waals surface area contributed by atoms with Crippen molar-refractivity contribution in [2.24, 2.45) is 4.99 Å². The van der Waals surface area contributed by atoms with Gasteiger partial charge in [0.2, 0.25) is 0 Å². The molecule has 1 aromatic carbocycles. The summed E-state index contributed by atoms with van der Waals surface area (Å²) in [5.74, 6) is -2.31. The highest BCUT2D eigenvalue weighted by atomic mass is 19.4. The van der Waals surface area contributed by atoms with E-state index in [1.807, 2.05) is 0 Å². The highest BCUT2D eigenvalue weighted by molar-refractivity contribution is 6.00. The number of aliphatic imine (C=N–C) groups is 1. The Kier molecular flexibility index (Phi) is 4.09. The summed E-state index contributed by atoms with van der Waals surface area (Å²) < 4.78 is 103. The molecule has 150 valence electrons. The van der Waals surface area contributed by atoms with Crippen molar-refractivity contribution < 1.29 is 40.2 Å². The maximum atomic E-state index is 14.9. The fourth-order valence-electron chi connectivity index (χ4n) is 3.45. The highest BCUT2D eigenvalue weighted by Gasteiger charge is 2.54. The van der Waals surface area contributed by atoms with E-state index in [-0.39, 0.29) is 11.3 Å². The van der Waals surface area contributed by atoms with Crippen LogP contribution in [-0.2, 0) is 10.3 Å². The SMILES string of the molecule is Fc1cccc2c1OC[C@H](F)C21CN2C=C(C(F)(F)F)C=C(OC(F)F)C2=N1. The first-order chi connectivity index (χ1) is 13.1. The molecular formula is C17H11F7N2O2. The van der Waals surface area contributed by atoms with Gasteiger partial charge in [-0.3, -0.25) is 0 Å². The Bertz CT molecular complexity index is 909. The molecule has 0 bridgehead atoms. The Morgan fingerprint density at radius 3 is 2.71 bits per heavy atom. The molecule has 0 amide bonds. The molecule has 0 fully saturated rings. The lowest BCUT2D eigenvalue weighted by atomic mass is 9.84. The van der Waals surface area contributed by atoms with E-state index in [0.717, 1.165) is 11.0 Å². The standard InChI is InChI=1S/C17H11F7N2O2/c18-10-3-1-2-9-13(10)27-6-12(19)16(9)7-26-5-8(17(22,23)24)4-11(14(26)25-16)28-15(20)21/h1-5,12,15H,6-7H2/t12-,16?/m0/s1. The molecule has 0 radical (unpaired) electrons. The summed E-state index contributed by atoms with van der Waals surface area (Å²) in [5, 5.41) is 0. The first kappa shape index (κ1) is 18.6. The lowest BCUT2D eigenvalue weighted by Gasteiger charge is -2.36. The first-order valence-electron chi connectivity index (χ1n) is 8.00. The van der Waals surface area contributed by atoms with Crippen LogP contribution in [0, 0.1) is 5.82 Å². The zero-order valence-electron chi connectivity index (χ0n) is 13.8. The molecule has 0 N–H and O–H groups in total. The predicted octanol–water partition coefficient (Wildman–Crippen LogP) is 4.05. The third kappa shape index (κ3) is 2.80. The van der Waals surface area contributed by atoms with Gasteiger partial charge in [0.15, 0.2) is 29.3 Å². The molecule has 0 aromatic heterocycles. The number of allylic oxidation sites excluding steroid dienone is 2. The van der Waals surface area contributed by atoms with Gasteiger partial charge in [-0.1, -0.05) is 12.1 Å². The van der Waals surface area contributed by atoms with Crippen molar-refractivity contribution in [3.8, 4) is 5.75 Å². The van der Waals surface area contributed by atoms with Gasteiger partial charge in [0.1, 0.15) is 12.1 Å². The molecule has 4 rings (SSSR count). The van der Waals surface area contributed by atoms with Gasteiger partial charge in [-0.05, 0) is 12.1 Å². The Morgan fingerprint density at radius 1 is 1.29 bits per heavy atom. The lowest BCUT2D eigenvalue weighted by Crippen LogP contribution is -2.46. The van der Waals surface area contributed by atoms with E-state index < -0.39 is 60.6 Å². The van der Waals surface area contributed by atoms with E-state index in [4.69, 9.17) is 4.74 Å². The van der Waals surface area contributed by atoms with Crippen molar-refractivity contribution in [3.05, 3.63) is 53.2 Å². The van der Waals surface area contributed by atoms with Crippen LogP contribution in [0.5, 0.6) is 5.75 Å². The zero-order chi connectivity index (χ0) is 20.3. The van der Waals surface area contributed by atoms with E-state index in [0.29, 0.717) is 12.3 Å². The maximum Gasteiger partial charge on any atom is 0.417 e. The van der Waals surface area contributed by atoms with Crippen LogP contribution in [0.25, 0.3) is 0 Å². The van der Waals surface area contributed by atoms with Crippen LogP contribution >= 0.6 is 0 Å². The summed E-state index contributed by atoms with van der Waals surface area (Å²) >= 11 is 0. The summed E-state index contributed by atoms with van der Waals surface area (Å²) in [5.41, 5.74) is -3.11. The fraction of sp³-hybridized carbons (Fsp3) is 0.353. The summed E-state index contributed by atoms with van der Waals surface area (Å²) in [6.45, 7) is -4.48. The molecule has 3 aliphatic heterocycles. The molecule has 1 spiro atoms. The fourth-order valence-corrected chi connectivity index (χ4v) is 3.45. The lowest BCUT2D eigenvalue weighted by molar-refractivity contribution is -0.0981. The summed E-state index contributed by atoms with van der Waals surface area (Å²) in [4.78, 5) is 4.98. The molecule has 0 saturated carbocycles. The number of ether oxygens (including phenoxy) is 2. The van der Waals surface area contributed by atoms with Gasteiger partial charge in [0.05, 0.1) is 12.1 Å². The molecule has 0 aliphatic carbocycles. The topological polar surface area (TPSA) is 34.1 Å². The molecule has 11 heteroatoms. The second-order valence-electron chi connectivity index (χ2n) is 6.35. The van der Waals surface area contributed by atoms with Crippen LogP contribution < -0.4 is 4.74 Å². The zero-order valence-corrected chi connectivity index (χ0v) is 13.8. The number of amidine groups is 1. The van der Waals surface area contributed by atoms with Gasteiger partial charge < -0.3 is 14.4 Å². The normalized spacial score (nSPS) is 26.4. The number of fused-ring (bicyclic) bond motifs is 3. The number of nitrogens with zero attached hydrogens (tertiary/aromatic N) is 2. The average Bonchev–Trinajstić information content (AvgIpc) is 2.98. The van der Waals surface area contributed by atoms with E-state index >= 15 is 0 Å². The molecule has 1 unspecified atom stereocenters. The summed E-state index contributed by atoms with van der Waals surface area (Å²) in [7, 11) is 0. The molecule has 3 aliphatic rings. The van der Waals surface area contributed by atoms with E-state index in [9.17, 15) is 30.7 Å². The van der Waals surface area contributed by atoms with Gasteiger partial charge in [0.25, 0.3) is 0 Å². The van der Waals surface area contributed by atoms with E-state index in [1.165, 1.54) is 12.1 Å². The third-order valence-electron chi connectivity index (χ3n) is 4.66. The van der Waals surface area contributed by atoms with E-state index in [1.54, 1.807) is 0 Å². The van der Waals surface area contributed by atoms with E-state index in [2.05, 4.69) is 9.73 Å². The van der Waals surface area contributed by atoms with Crippen LogP contribution in [0.3, 0.4) is 0 Å². The molecule has 1 aromatic rings. The van der Waals surface area contributed by atoms with Gasteiger partial charge in [-0.2, -0.15) is 22.0 Å². The second-order valence-corrected chi connectivity index (χ2v) is 6.35. The Hall–Kier alpha value is -2.72. The number of para-hydroxylation sites is 1. The van der Waals surface area contributed by atoms with Crippen molar-refractivity contribution in [1.82, 2.24) is 4.90 Å². The largest absolute Gasteiger partial charge is 0.487 e. The van der Waals surface area contributed by atoms with Crippen molar-refractivity contribution in [2.45, 2.75) is 24.5 Å². The van der Waals surface area contributed by atoms with Crippen LogP contribution in [0.4, 0.5) is 30.7 Å². The molecule has 2 atom stereocenters. The summed E-state index contributed by atoms with van der Waals surface area (Å²) in [6.07, 6.45) is -5.70. The number of rotatable bonds is 2. The Balaban J connectivity index is 1.86. The molecular weight excluding hydrogens is 397 g/mol. The molecule has 0 saturated heterocycles. The molecule has 3 heterocycles. The Morgan fingerprint density at radius 2 is 2.04 bits per heavy atom. The summed E-state index contributed by atoms with van der Waals surface area (Å²) in [6, 6.07) is 3.68. The van der Waals surface area contributed by atoms with Gasteiger partial charge in [-0.25, -0.2) is 13.8 Å². The first-order valence-corrected chi connectivity index (χ1v) is 8.00. The van der Waals surface area contributed by atoms with Gasteiger partial charge in [0, 0.05) is 11.8 Å². The van der Waals surface area contributed by atoms with Gasteiger partial charge >= 0.3 is 12.8 Å². The average molecular weight is 408 g/mol. The number of hydrogen-bond acceptors (Lipinski definition) is 4. The van der Waals surface area contributed by atoms with Crippen molar-refractivity contribution in [1.29, 1.82) is 0 Å². The van der Waals surface area contributed by atoms with Crippen molar-refractivity contribution in [2.75, 3.05) is 13.2 Å². The molecule has 4 nitrogen and oxygen atoms in total. The molecule has 28 heavy (non-hydrogen) atoms. The van der Waals surface area contributed by atoms with Gasteiger partial charge in [-0.15, -0.1) is 0 Å². The monoisotopic (exact) mass is 408 g/mol. The highest BCUT2D eigenvalue weighted by Crippen LogP contribution is 2.48. The van der Waals surface area contributed by atoms with Crippen molar-refractivity contribution in [3.63, 3.8) is 0 Å². The van der Waals surface area contributed by atoms with Crippen LogP contribution in [0.15, 0.2) is 46.8 Å². The minimum absolute atomic E-state index is 0.0218. The van der Waals surface area contributed by atoms with Crippen LogP contribution in [0.1, 0.15) is 5.56 Å². The van der Waals surface area contributed by atoms with Crippen LogP contribution in [-0.4, -0.2) is 42.8 Å². The Labute approximate surface area is 153 Å². The minimum Gasteiger partial charge on any atom is -0.487 e. The number of alkyl halides is 6. The van der Waals surface area contributed by atoms with Crippen molar-refractivity contribution >= 4 is 5.84 Å². The maximum absolute atomic E-state index is 14.9. The quantitative estimate of drug-likeness (QED) is 0.693.